The molecule has 3 aromatic rings. The lowest BCUT2D eigenvalue weighted by atomic mass is 10.1. The summed E-state index contributed by atoms with van der Waals surface area (Å²) in [5.74, 6) is -0.0822. The summed E-state index contributed by atoms with van der Waals surface area (Å²) in [6.45, 7) is 0.129. The average Bonchev–Trinajstić information content (AvgIpc) is 2.83. The van der Waals surface area contributed by atoms with Crippen LogP contribution >= 0.6 is 11.6 Å². The maximum atomic E-state index is 12.2. The van der Waals surface area contributed by atoms with Crippen molar-refractivity contribution < 1.29 is 4.79 Å². The van der Waals surface area contributed by atoms with E-state index in [1.54, 1.807) is 28.9 Å². The van der Waals surface area contributed by atoms with Gasteiger partial charge in [-0.2, -0.15) is 0 Å². The number of hydrogen-bond acceptors (Lipinski definition) is 3. The number of benzene rings is 2. The maximum absolute atomic E-state index is 12.2. The van der Waals surface area contributed by atoms with Gasteiger partial charge in [0.25, 0.3) is 0 Å². The van der Waals surface area contributed by atoms with Crippen LogP contribution in [0.3, 0.4) is 0 Å². The highest BCUT2D eigenvalue weighted by Crippen LogP contribution is 2.17. The highest BCUT2D eigenvalue weighted by atomic mass is 35.5. The van der Waals surface area contributed by atoms with Gasteiger partial charge in [-0.3, -0.25) is 4.79 Å². The van der Waals surface area contributed by atoms with Gasteiger partial charge in [0.15, 0.2) is 5.78 Å². The Bertz CT molecular complexity index is 751. The highest BCUT2D eigenvalue weighted by molar-refractivity contribution is 6.33. The number of ketones is 1. The van der Waals surface area contributed by atoms with E-state index in [-0.39, 0.29) is 12.3 Å². The third-order valence-corrected chi connectivity index (χ3v) is 3.22. The Kier molecular flexibility index (Phi) is 3.01. The van der Waals surface area contributed by atoms with Gasteiger partial charge in [0.1, 0.15) is 12.1 Å². The molecule has 0 radical (unpaired) electrons. The molecule has 19 heavy (non-hydrogen) atoms. The summed E-state index contributed by atoms with van der Waals surface area (Å²) in [6.07, 6.45) is 0. The molecule has 0 unspecified atom stereocenters. The molecular formula is C14H10ClN3O. The fourth-order valence-corrected chi connectivity index (χ4v) is 2.18. The lowest BCUT2D eigenvalue weighted by Gasteiger charge is -2.03. The first-order valence-corrected chi connectivity index (χ1v) is 6.19. The predicted molar refractivity (Wildman–Crippen MR) is 73.3 cm³/mol. The molecule has 94 valence electrons. The Labute approximate surface area is 114 Å². The minimum atomic E-state index is -0.0822. The minimum Gasteiger partial charge on any atom is -0.292 e. The Morgan fingerprint density at radius 1 is 1.11 bits per heavy atom. The van der Waals surface area contributed by atoms with Crippen LogP contribution < -0.4 is 0 Å². The summed E-state index contributed by atoms with van der Waals surface area (Å²) < 4.78 is 1.58. The van der Waals surface area contributed by atoms with Gasteiger partial charge in [-0.25, -0.2) is 4.68 Å². The molecule has 0 saturated carbocycles. The molecule has 0 aliphatic carbocycles. The molecule has 1 heterocycles. The van der Waals surface area contributed by atoms with Gasteiger partial charge in [-0.05, 0) is 24.3 Å². The third-order valence-electron chi connectivity index (χ3n) is 2.89. The number of para-hydroxylation sites is 1. The zero-order valence-corrected chi connectivity index (χ0v) is 10.7. The van der Waals surface area contributed by atoms with Crippen LogP contribution in [-0.4, -0.2) is 20.8 Å². The number of hydrogen-bond donors (Lipinski definition) is 0. The van der Waals surface area contributed by atoms with E-state index < -0.39 is 0 Å². The van der Waals surface area contributed by atoms with Crippen molar-refractivity contribution in [3.8, 4) is 0 Å². The third kappa shape index (κ3) is 2.22. The second-order valence-electron chi connectivity index (χ2n) is 4.14. The van der Waals surface area contributed by atoms with E-state index in [1.165, 1.54) is 0 Å². The molecule has 3 rings (SSSR count). The molecule has 0 amide bonds. The van der Waals surface area contributed by atoms with Crippen LogP contribution in [0.25, 0.3) is 11.0 Å². The Morgan fingerprint density at radius 3 is 2.68 bits per heavy atom. The van der Waals surface area contributed by atoms with Gasteiger partial charge in [0.2, 0.25) is 0 Å². The van der Waals surface area contributed by atoms with E-state index in [2.05, 4.69) is 10.3 Å². The molecule has 0 spiro atoms. The molecule has 4 nitrogen and oxygen atoms in total. The topological polar surface area (TPSA) is 47.8 Å². The van der Waals surface area contributed by atoms with Crippen LogP contribution in [0.5, 0.6) is 0 Å². The Morgan fingerprint density at radius 2 is 1.84 bits per heavy atom. The van der Waals surface area contributed by atoms with Crippen molar-refractivity contribution in [1.29, 1.82) is 0 Å². The van der Waals surface area contributed by atoms with Gasteiger partial charge < -0.3 is 0 Å². The number of aromatic nitrogens is 3. The van der Waals surface area contributed by atoms with Crippen molar-refractivity contribution in [2.75, 3.05) is 0 Å². The average molecular weight is 272 g/mol. The maximum Gasteiger partial charge on any atom is 0.185 e. The standard InChI is InChI=1S/C14H10ClN3O/c15-11-6-2-1-5-10(11)14(19)9-18-13-8-4-3-7-12(13)16-17-18/h1-8H,9H2. The van der Waals surface area contributed by atoms with Crippen LogP contribution in [0.2, 0.25) is 5.02 Å². The molecule has 1 aromatic heterocycles. The molecule has 0 aliphatic heterocycles. The van der Waals surface area contributed by atoms with Crippen LogP contribution in [0, 0.1) is 0 Å². The van der Waals surface area contributed by atoms with Gasteiger partial charge in [0.05, 0.1) is 10.5 Å². The number of nitrogens with zero attached hydrogens (tertiary/aromatic N) is 3. The number of carbonyl (C=O) groups is 1. The summed E-state index contributed by atoms with van der Waals surface area (Å²) in [6, 6.07) is 14.5. The number of rotatable bonds is 3. The fraction of sp³-hybridized carbons (Fsp3) is 0.0714. The summed E-state index contributed by atoms with van der Waals surface area (Å²) in [4.78, 5) is 12.2. The molecule has 0 aliphatic rings. The van der Waals surface area contributed by atoms with Crippen LogP contribution in [0.1, 0.15) is 10.4 Å². The fourth-order valence-electron chi connectivity index (χ4n) is 1.94. The number of carbonyl (C=O) groups excluding carboxylic acids is 1. The molecule has 0 fully saturated rings. The Hall–Kier alpha value is -2.20. The first-order chi connectivity index (χ1) is 9.25. The zero-order valence-electron chi connectivity index (χ0n) is 9.95. The predicted octanol–water partition coefficient (Wildman–Crippen LogP) is 2.97. The second kappa shape index (κ2) is 4.82. The molecule has 0 bridgehead atoms. The van der Waals surface area contributed by atoms with Gasteiger partial charge >= 0.3 is 0 Å². The summed E-state index contributed by atoms with van der Waals surface area (Å²) in [5, 5.41) is 8.46. The van der Waals surface area contributed by atoms with Crippen molar-refractivity contribution in [2.24, 2.45) is 0 Å². The SMILES string of the molecule is O=C(Cn1nnc2ccccc21)c1ccccc1Cl. The number of fused-ring (bicyclic) bond motifs is 1. The normalized spacial score (nSPS) is 10.8. The van der Waals surface area contributed by atoms with E-state index in [0.29, 0.717) is 10.6 Å². The highest BCUT2D eigenvalue weighted by Gasteiger charge is 2.12. The summed E-state index contributed by atoms with van der Waals surface area (Å²) >= 11 is 6.01. The largest absolute Gasteiger partial charge is 0.292 e. The number of Topliss-reactive ketones (excluding diaryl/α,β-unsaturated/α-hetero) is 1. The zero-order chi connectivity index (χ0) is 13.2. The summed E-state index contributed by atoms with van der Waals surface area (Å²) in [5.41, 5.74) is 2.11. The van der Waals surface area contributed by atoms with Gasteiger partial charge in [-0.1, -0.05) is 41.1 Å². The molecule has 0 N–H and O–H groups in total. The van der Waals surface area contributed by atoms with Gasteiger partial charge in [-0.15, -0.1) is 5.10 Å². The first-order valence-electron chi connectivity index (χ1n) is 5.81. The summed E-state index contributed by atoms with van der Waals surface area (Å²) in [7, 11) is 0. The molecule has 0 atom stereocenters. The lowest BCUT2D eigenvalue weighted by molar-refractivity contribution is 0.0968. The minimum absolute atomic E-state index is 0.0822. The first kappa shape index (κ1) is 11.9. The van der Waals surface area contributed by atoms with Crippen LogP contribution in [-0.2, 0) is 6.54 Å². The second-order valence-corrected chi connectivity index (χ2v) is 4.55. The van der Waals surface area contributed by atoms with Gasteiger partial charge in [0, 0.05) is 5.56 Å². The molecular weight excluding hydrogens is 262 g/mol. The molecule has 0 saturated heterocycles. The van der Waals surface area contributed by atoms with E-state index in [4.69, 9.17) is 11.6 Å². The van der Waals surface area contributed by atoms with Crippen LogP contribution in [0.15, 0.2) is 48.5 Å². The Balaban J connectivity index is 1.94. The van der Waals surface area contributed by atoms with Crippen LogP contribution in [0.4, 0.5) is 0 Å². The molecule has 2 aromatic carbocycles. The van der Waals surface area contributed by atoms with E-state index in [9.17, 15) is 4.79 Å². The monoisotopic (exact) mass is 271 g/mol. The van der Waals surface area contributed by atoms with Crippen molar-refractivity contribution in [3.05, 3.63) is 59.1 Å². The quantitative estimate of drug-likeness (QED) is 0.688. The van der Waals surface area contributed by atoms with Crippen molar-refractivity contribution in [2.45, 2.75) is 6.54 Å². The smallest absolute Gasteiger partial charge is 0.185 e. The van der Waals surface area contributed by atoms with E-state index in [1.807, 2.05) is 24.3 Å². The van der Waals surface area contributed by atoms with Crippen molar-refractivity contribution >= 4 is 28.4 Å². The number of halogens is 1. The van der Waals surface area contributed by atoms with E-state index >= 15 is 0 Å². The molecule has 5 heteroatoms. The van der Waals surface area contributed by atoms with E-state index in [0.717, 1.165) is 11.0 Å². The van der Waals surface area contributed by atoms with Crippen molar-refractivity contribution in [3.63, 3.8) is 0 Å². The van der Waals surface area contributed by atoms with Crippen molar-refractivity contribution in [1.82, 2.24) is 15.0 Å². The lowest BCUT2D eigenvalue weighted by Crippen LogP contribution is -2.12.